The largest absolute Gasteiger partial charge is 0.268 e. The highest BCUT2D eigenvalue weighted by Crippen LogP contribution is 2.24. The first kappa shape index (κ1) is 11.3. The van der Waals surface area contributed by atoms with E-state index in [1.807, 2.05) is 13.0 Å². The fourth-order valence-corrected chi connectivity index (χ4v) is 1.84. The summed E-state index contributed by atoms with van der Waals surface area (Å²) in [7, 11) is 0. The van der Waals surface area contributed by atoms with Crippen LogP contribution < -0.4 is 5.56 Å². The molecule has 2 rings (SSSR count). The van der Waals surface area contributed by atoms with Crippen LogP contribution in [0.2, 0.25) is 10.0 Å². The molecule has 1 aromatic carbocycles. The number of aromatic nitrogens is 2. The van der Waals surface area contributed by atoms with Crippen LogP contribution >= 0.6 is 23.2 Å². The van der Waals surface area contributed by atoms with Crippen LogP contribution in [0.1, 0.15) is 12.6 Å². The Bertz CT molecular complexity index is 572. The molecule has 3 nitrogen and oxygen atoms in total. The van der Waals surface area contributed by atoms with Crippen molar-refractivity contribution in [2.75, 3.05) is 0 Å². The summed E-state index contributed by atoms with van der Waals surface area (Å²) in [4.78, 5) is 11.3. The molecule has 1 heterocycles. The van der Waals surface area contributed by atoms with Crippen molar-refractivity contribution in [1.82, 2.24) is 9.78 Å². The average Bonchev–Trinajstić information content (AvgIpc) is 2.63. The van der Waals surface area contributed by atoms with Crippen molar-refractivity contribution in [1.29, 1.82) is 0 Å². The molecular formula is C11H10Cl2N2O. The smallest absolute Gasteiger partial charge is 0.264 e. The molecule has 0 saturated heterocycles. The van der Waals surface area contributed by atoms with Crippen molar-refractivity contribution in [2.45, 2.75) is 13.3 Å². The van der Waals surface area contributed by atoms with E-state index in [2.05, 4.69) is 5.10 Å². The van der Waals surface area contributed by atoms with E-state index in [1.54, 1.807) is 22.9 Å². The maximum atomic E-state index is 11.3. The van der Waals surface area contributed by atoms with Crippen LogP contribution in [0, 0.1) is 0 Å². The van der Waals surface area contributed by atoms with Gasteiger partial charge < -0.3 is 0 Å². The molecule has 5 heteroatoms. The van der Waals surface area contributed by atoms with Crippen LogP contribution in [0.15, 0.2) is 29.1 Å². The summed E-state index contributed by atoms with van der Waals surface area (Å²) in [6.45, 7) is 1.98. The average molecular weight is 257 g/mol. The van der Waals surface area contributed by atoms with Crippen LogP contribution in [-0.2, 0) is 6.42 Å². The minimum absolute atomic E-state index is 0.122. The standard InChI is InChI=1S/C11H10Cl2N2O/c1-2-7-6-11(16)14-15(7)8-3-4-9(12)10(13)5-8/h3-6H,2H2,1H3,(H,14,16). The highest BCUT2D eigenvalue weighted by molar-refractivity contribution is 6.42. The van der Waals surface area contributed by atoms with Crippen molar-refractivity contribution in [3.05, 3.63) is 50.4 Å². The van der Waals surface area contributed by atoms with E-state index >= 15 is 0 Å². The molecule has 0 saturated carbocycles. The highest BCUT2D eigenvalue weighted by atomic mass is 35.5. The number of rotatable bonds is 2. The van der Waals surface area contributed by atoms with E-state index in [1.165, 1.54) is 0 Å². The molecule has 16 heavy (non-hydrogen) atoms. The van der Waals surface area contributed by atoms with Crippen molar-refractivity contribution in [2.24, 2.45) is 0 Å². The lowest BCUT2D eigenvalue weighted by Gasteiger charge is -2.07. The Balaban J connectivity index is 2.57. The number of aromatic amines is 1. The number of nitrogens with one attached hydrogen (secondary N) is 1. The lowest BCUT2D eigenvalue weighted by atomic mass is 10.3. The minimum Gasteiger partial charge on any atom is -0.268 e. The number of H-pyrrole nitrogens is 1. The molecular weight excluding hydrogens is 247 g/mol. The van der Waals surface area contributed by atoms with E-state index in [-0.39, 0.29) is 5.56 Å². The molecule has 2 aromatic rings. The second kappa shape index (κ2) is 4.36. The maximum Gasteiger partial charge on any atom is 0.264 e. The van der Waals surface area contributed by atoms with Gasteiger partial charge in [-0.1, -0.05) is 30.1 Å². The summed E-state index contributed by atoms with van der Waals surface area (Å²) >= 11 is 11.8. The number of benzene rings is 1. The molecule has 0 radical (unpaired) electrons. The Morgan fingerprint density at radius 2 is 2.00 bits per heavy atom. The molecule has 0 aliphatic rings. The summed E-state index contributed by atoms with van der Waals surface area (Å²) in [5, 5.41) is 3.68. The number of hydrogen-bond acceptors (Lipinski definition) is 1. The fraction of sp³-hybridized carbons (Fsp3) is 0.182. The maximum absolute atomic E-state index is 11.3. The van der Waals surface area contributed by atoms with Gasteiger partial charge in [-0.05, 0) is 24.6 Å². The highest BCUT2D eigenvalue weighted by Gasteiger charge is 2.06. The third kappa shape index (κ3) is 2.01. The molecule has 0 aliphatic heterocycles. The van der Waals surface area contributed by atoms with Gasteiger partial charge in [0.05, 0.1) is 15.7 Å². The number of aryl methyl sites for hydroxylation is 1. The van der Waals surface area contributed by atoms with Crippen molar-refractivity contribution >= 4 is 23.2 Å². The van der Waals surface area contributed by atoms with E-state index in [9.17, 15) is 4.79 Å². The van der Waals surface area contributed by atoms with Gasteiger partial charge in [-0.25, -0.2) is 0 Å². The SMILES string of the molecule is CCc1cc(=O)[nH]n1-c1ccc(Cl)c(Cl)c1. The monoisotopic (exact) mass is 256 g/mol. The van der Waals surface area contributed by atoms with Gasteiger partial charge >= 0.3 is 0 Å². The molecule has 0 unspecified atom stereocenters. The zero-order valence-electron chi connectivity index (χ0n) is 8.63. The summed E-state index contributed by atoms with van der Waals surface area (Å²) in [6.07, 6.45) is 0.763. The number of halogens is 2. The molecule has 0 bridgehead atoms. The third-order valence-corrected chi connectivity index (χ3v) is 3.07. The summed E-state index contributed by atoms with van der Waals surface area (Å²) in [6, 6.07) is 6.81. The second-order valence-corrected chi connectivity index (χ2v) is 4.21. The molecule has 0 spiro atoms. The van der Waals surface area contributed by atoms with Gasteiger partial charge in [-0.2, -0.15) is 0 Å². The molecule has 0 atom stereocenters. The molecule has 84 valence electrons. The first-order valence-corrected chi connectivity index (χ1v) is 5.63. The van der Waals surface area contributed by atoms with Gasteiger partial charge in [-0.15, -0.1) is 0 Å². The van der Waals surface area contributed by atoms with Gasteiger partial charge in [0, 0.05) is 11.8 Å². The number of hydrogen-bond donors (Lipinski definition) is 1. The Kier molecular flexibility index (Phi) is 3.08. The molecule has 1 aromatic heterocycles. The van der Waals surface area contributed by atoms with E-state index < -0.39 is 0 Å². The Labute approximate surface area is 103 Å². The van der Waals surface area contributed by atoms with Gasteiger partial charge in [0.15, 0.2) is 0 Å². The fourth-order valence-electron chi connectivity index (χ4n) is 1.54. The molecule has 0 amide bonds. The van der Waals surface area contributed by atoms with Crippen LogP contribution in [-0.4, -0.2) is 9.78 Å². The van der Waals surface area contributed by atoms with E-state index in [4.69, 9.17) is 23.2 Å². The van der Waals surface area contributed by atoms with Gasteiger partial charge in [0.2, 0.25) is 0 Å². The predicted molar refractivity (Wildman–Crippen MR) is 65.8 cm³/mol. The van der Waals surface area contributed by atoms with Crippen LogP contribution in [0.5, 0.6) is 0 Å². The summed E-state index contributed by atoms with van der Waals surface area (Å²) in [5.74, 6) is 0. The molecule has 0 fully saturated rings. The summed E-state index contributed by atoms with van der Waals surface area (Å²) < 4.78 is 1.71. The van der Waals surface area contributed by atoms with Crippen molar-refractivity contribution in [3.63, 3.8) is 0 Å². The van der Waals surface area contributed by atoms with Gasteiger partial charge in [0.25, 0.3) is 5.56 Å². The Morgan fingerprint density at radius 3 is 2.62 bits per heavy atom. The van der Waals surface area contributed by atoms with Gasteiger partial charge in [0.1, 0.15) is 0 Å². The Morgan fingerprint density at radius 1 is 1.25 bits per heavy atom. The Hall–Kier alpha value is -1.19. The summed E-state index contributed by atoms with van der Waals surface area (Å²) in [5.41, 5.74) is 1.58. The first-order valence-electron chi connectivity index (χ1n) is 4.88. The predicted octanol–water partition coefficient (Wildman–Crippen LogP) is 3.03. The number of nitrogens with zero attached hydrogens (tertiary/aromatic N) is 1. The van der Waals surface area contributed by atoms with Crippen LogP contribution in [0.25, 0.3) is 5.69 Å². The van der Waals surface area contributed by atoms with E-state index in [0.717, 1.165) is 17.8 Å². The zero-order valence-corrected chi connectivity index (χ0v) is 10.1. The lowest BCUT2D eigenvalue weighted by molar-refractivity contribution is 0.805. The molecule has 1 N–H and O–H groups in total. The normalized spacial score (nSPS) is 10.7. The second-order valence-electron chi connectivity index (χ2n) is 3.40. The first-order chi connectivity index (χ1) is 7.61. The van der Waals surface area contributed by atoms with Crippen LogP contribution in [0.4, 0.5) is 0 Å². The van der Waals surface area contributed by atoms with Crippen LogP contribution in [0.3, 0.4) is 0 Å². The third-order valence-electron chi connectivity index (χ3n) is 2.33. The van der Waals surface area contributed by atoms with Gasteiger partial charge in [-0.3, -0.25) is 14.6 Å². The minimum atomic E-state index is -0.122. The van der Waals surface area contributed by atoms with Crippen molar-refractivity contribution < 1.29 is 0 Å². The van der Waals surface area contributed by atoms with E-state index in [0.29, 0.717) is 10.0 Å². The lowest BCUT2D eigenvalue weighted by Crippen LogP contribution is -2.05. The topological polar surface area (TPSA) is 37.8 Å². The molecule has 0 aliphatic carbocycles. The van der Waals surface area contributed by atoms with Crippen molar-refractivity contribution in [3.8, 4) is 5.69 Å². The quantitative estimate of drug-likeness (QED) is 0.882. The zero-order chi connectivity index (χ0) is 11.7.